The Morgan fingerprint density at radius 3 is 2.39 bits per heavy atom. The number of hydrogen-bond acceptors (Lipinski definition) is 1. The molecule has 0 aliphatic rings. The van der Waals surface area contributed by atoms with E-state index in [1.807, 2.05) is 19.1 Å². The van der Waals surface area contributed by atoms with Gasteiger partial charge in [0.25, 0.3) is 0 Å². The van der Waals surface area contributed by atoms with Gasteiger partial charge in [0.15, 0.2) is 0 Å². The highest BCUT2D eigenvalue weighted by Crippen LogP contribution is 2.30. The molecule has 0 radical (unpaired) electrons. The van der Waals surface area contributed by atoms with Crippen LogP contribution >= 0.6 is 11.6 Å². The van der Waals surface area contributed by atoms with Crippen molar-refractivity contribution in [2.75, 3.05) is 0 Å². The monoisotopic (exact) mass is 259 g/mol. The molecule has 0 atom stereocenters. The van der Waals surface area contributed by atoms with Gasteiger partial charge in [-0.15, -0.1) is 0 Å². The van der Waals surface area contributed by atoms with E-state index in [0.717, 1.165) is 11.1 Å². The van der Waals surface area contributed by atoms with Gasteiger partial charge in [0.05, 0.1) is 0 Å². The van der Waals surface area contributed by atoms with Crippen molar-refractivity contribution in [1.82, 2.24) is 0 Å². The van der Waals surface area contributed by atoms with Crippen LogP contribution in [0.5, 0.6) is 0 Å². The Morgan fingerprint density at radius 2 is 1.78 bits per heavy atom. The fourth-order valence-corrected chi connectivity index (χ4v) is 2.04. The summed E-state index contributed by atoms with van der Waals surface area (Å²) in [5, 5.41) is 0.614. The molecule has 92 valence electrons. The highest BCUT2D eigenvalue weighted by atomic mass is 35.5. The molecule has 0 saturated carbocycles. The number of carbonyl (C=O) groups is 1. The van der Waals surface area contributed by atoms with Gasteiger partial charge in [-0.25, -0.2) is 0 Å². The van der Waals surface area contributed by atoms with Crippen LogP contribution in [0.3, 0.4) is 0 Å². The summed E-state index contributed by atoms with van der Waals surface area (Å²) in [6.07, 6.45) is 0. The molecule has 0 spiro atoms. The van der Waals surface area contributed by atoms with E-state index in [1.54, 1.807) is 18.2 Å². The van der Waals surface area contributed by atoms with Gasteiger partial charge in [0, 0.05) is 16.1 Å². The molecule has 0 saturated heterocycles. The summed E-state index contributed by atoms with van der Waals surface area (Å²) < 4.78 is 0. The highest BCUT2D eigenvalue weighted by Gasteiger charge is 2.08. The second kappa shape index (κ2) is 4.83. The lowest BCUT2D eigenvalue weighted by atomic mass is 9.99. The van der Waals surface area contributed by atoms with Crippen molar-refractivity contribution >= 4 is 17.5 Å². The van der Waals surface area contributed by atoms with E-state index in [9.17, 15) is 4.79 Å². The molecule has 3 heteroatoms. The fraction of sp³-hybridized carbons (Fsp3) is 0.133. The average Bonchev–Trinajstić information content (AvgIpc) is 2.33. The van der Waals surface area contributed by atoms with E-state index in [1.165, 1.54) is 11.1 Å². The number of nitrogens with two attached hydrogens (primary N) is 1. The van der Waals surface area contributed by atoms with E-state index < -0.39 is 5.91 Å². The minimum Gasteiger partial charge on any atom is -0.366 e. The van der Waals surface area contributed by atoms with Gasteiger partial charge in [-0.1, -0.05) is 29.8 Å². The van der Waals surface area contributed by atoms with E-state index in [4.69, 9.17) is 17.3 Å². The third kappa shape index (κ3) is 2.39. The summed E-state index contributed by atoms with van der Waals surface area (Å²) in [7, 11) is 0. The Kier molecular flexibility index (Phi) is 3.39. The first-order valence-electron chi connectivity index (χ1n) is 5.66. The van der Waals surface area contributed by atoms with Crippen LogP contribution in [-0.2, 0) is 0 Å². The fourth-order valence-electron chi connectivity index (χ4n) is 1.81. The van der Waals surface area contributed by atoms with Gasteiger partial charge in [0.2, 0.25) is 5.91 Å². The van der Waals surface area contributed by atoms with Crippen LogP contribution in [0, 0.1) is 13.8 Å². The highest BCUT2D eigenvalue weighted by molar-refractivity contribution is 6.33. The summed E-state index contributed by atoms with van der Waals surface area (Å²) in [5.74, 6) is -0.447. The van der Waals surface area contributed by atoms with Crippen LogP contribution in [0.2, 0.25) is 5.02 Å². The molecule has 0 fully saturated rings. The average molecular weight is 260 g/mol. The number of aryl methyl sites for hydroxylation is 2. The number of primary amides is 1. The molecule has 0 heterocycles. The lowest BCUT2D eigenvalue weighted by Crippen LogP contribution is -2.10. The Morgan fingerprint density at radius 1 is 1.06 bits per heavy atom. The number of halogens is 1. The smallest absolute Gasteiger partial charge is 0.248 e. The zero-order chi connectivity index (χ0) is 13.3. The van der Waals surface area contributed by atoms with Crippen molar-refractivity contribution in [1.29, 1.82) is 0 Å². The molecule has 2 nitrogen and oxygen atoms in total. The zero-order valence-electron chi connectivity index (χ0n) is 10.3. The quantitative estimate of drug-likeness (QED) is 0.878. The second-order valence-electron chi connectivity index (χ2n) is 4.36. The van der Waals surface area contributed by atoms with Gasteiger partial charge in [-0.05, 0) is 48.7 Å². The van der Waals surface area contributed by atoms with Crippen molar-refractivity contribution < 1.29 is 4.79 Å². The topological polar surface area (TPSA) is 43.1 Å². The maximum absolute atomic E-state index is 11.2. The van der Waals surface area contributed by atoms with Gasteiger partial charge in [-0.2, -0.15) is 0 Å². The first-order valence-corrected chi connectivity index (χ1v) is 6.04. The molecule has 1 amide bonds. The second-order valence-corrected chi connectivity index (χ2v) is 4.77. The molecule has 0 unspecified atom stereocenters. The largest absolute Gasteiger partial charge is 0.366 e. The Hall–Kier alpha value is -1.80. The molecule has 2 rings (SSSR count). The zero-order valence-corrected chi connectivity index (χ0v) is 11.1. The molecule has 0 aliphatic carbocycles. The van der Waals surface area contributed by atoms with Crippen LogP contribution in [0.15, 0.2) is 36.4 Å². The molecular weight excluding hydrogens is 246 g/mol. The molecule has 18 heavy (non-hydrogen) atoms. The first-order chi connectivity index (χ1) is 8.49. The maximum Gasteiger partial charge on any atom is 0.248 e. The Bertz CT molecular complexity index is 620. The summed E-state index contributed by atoms with van der Waals surface area (Å²) in [6.45, 7) is 4.10. The van der Waals surface area contributed by atoms with Crippen LogP contribution in [0.25, 0.3) is 11.1 Å². The molecule has 0 bridgehead atoms. The molecule has 2 aromatic rings. The van der Waals surface area contributed by atoms with Gasteiger partial charge < -0.3 is 5.73 Å². The number of hydrogen-bond donors (Lipinski definition) is 1. The number of rotatable bonds is 2. The minimum absolute atomic E-state index is 0.447. The summed E-state index contributed by atoms with van der Waals surface area (Å²) in [6, 6.07) is 11.2. The molecule has 0 aromatic heterocycles. The summed E-state index contributed by atoms with van der Waals surface area (Å²) >= 11 is 6.18. The predicted octanol–water partition coefficient (Wildman–Crippen LogP) is 3.72. The van der Waals surface area contributed by atoms with Gasteiger partial charge in [0.1, 0.15) is 0 Å². The molecule has 0 aliphatic heterocycles. The van der Waals surface area contributed by atoms with Crippen molar-refractivity contribution in [3.8, 4) is 11.1 Å². The number of carbonyl (C=O) groups excluding carboxylic acids is 1. The molecular formula is C15H14ClNO. The molecule has 2 aromatic carbocycles. The van der Waals surface area contributed by atoms with Gasteiger partial charge in [-0.3, -0.25) is 4.79 Å². The lowest BCUT2D eigenvalue weighted by molar-refractivity contribution is 0.100. The number of benzene rings is 2. The van der Waals surface area contributed by atoms with Crippen molar-refractivity contribution in [2.45, 2.75) is 13.8 Å². The van der Waals surface area contributed by atoms with Crippen LogP contribution in [0.4, 0.5) is 0 Å². The predicted molar refractivity (Wildman–Crippen MR) is 74.9 cm³/mol. The maximum atomic E-state index is 11.2. The van der Waals surface area contributed by atoms with Gasteiger partial charge >= 0.3 is 0 Å². The van der Waals surface area contributed by atoms with E-state index >= 15 is 0 Å². The van der Waals surface area contributed by atoms with E-state index in [0.29, 0.717) is 10.6 Å². The van der Waals surface area contributed by atoms with Crippen LogP contribution in [-0.4, -0.2) is 5.91 Å². The lowest BCUT2D eigenvalue weighted by Gasteiger charge is -2.08. The van der Waals surface area contributed by atoms with E-state index in [2.05, 4.69) is 13.0 Å². The van der Waals surface area contributed by atoms with E-state index in [-0.39, 0.29) is 0 Å². The SMILES string of the molecule is Cc1ccc(-c2cc(C(N)=O)ccc2Cl)cc1C. The third-order valence-electron chi connectivity index (χ3n) is 3.07. The minimum atomic E-state index is -0.447. The van der Waals surface area contributed by atoms with Crippen molar-refractivity contribution in [2.24, 2.45) is 5.73 Å². The molecule has 2 N–H and O–H groups in total. The normalized spacial score (nSPS) is 10.4. The first kappa shape index (κ1) is 12.7. The summed E-state index contributed by atoms with van der Waals surface area (Å²) in [4.78, 5) is 11.2. The third-order valence-corrected chi connectivity index (χ3v) is 3.40. The Labute approximate surface area is 111 Å². The van der Waals surface area contributed by atoms with Crippen molar-refractivity contribution in [3.05, 3.63) is 58.1 Å². The summed E-state index contributed by atoms with van der Waals surface area (Å²) in [5.41, 5.74) is 9.98. The van der Waals surface area contributed by atoms with Crippen molar-refractivity contribution in [3.63, 3.8) is 0 Å². The Balaban J connectivity index is 2.58. The van der Waals surface area contributed by atoms with Crippen LogP contribution in [0.1, 0.15) is 21.5 Å². The number of amides is 1. The van der Waals surface area contributed by atoms with Crippen LogP contribution < -0.4 is 5.73 Å². The standard InChI is InChI=1S/C15H14ClNO/c1-9-3-4-11(7-10(9)2)13-8-12(15(17)18)5-6-14(13)16/h3-8H,1-2H3,(H2,17,18).